The lowest BCUT2D eigenvalue weighted by molar-refractivity contribution is 0.474. The van der Waals surface area contributed by atoms with E-state index in [9.17, 15) is 0 Å². The molecule has 5 heteroatoms. The van der Waals surface area contributed by atoms with Gasteiger partial charge in [0.05, 0.1) is 12.6 Å². The lowest BCUT2D eigenvalue weighted by atomic mass is 10.1. The van der Waals surface area contributed by atoms with Crippen LogP contribution in [0.1, 0.15) is 37.8 Å². The average Bonchev–Trinajstić information content (AvgIpc) is 2.88. The Labute approximate surface area is 113 Å². The van der Waals surface area contributed by atoms with Gasteiger partial charge < -0.3 is 15.1 Å². The maximum atomic E-state index is 5.53. The van der Waals surface area contributed by atoms with E-state index >= 15 is 0 Å². The monoisotopic (exact) mass is 260 g/mol. The zero-order valence-electron chi connectivity index (χ0n) is 11.4. The molecule has 102 valence electrons. The quantitative estimate of drug-likeness (QED) is 0.749. The minimum atomic E-state index is 0.137. The van der Waals surface area contributed by atoms with Crippen LogP contribution in [0.3, 0.4) is 0 Å². The SMILES string of the molecule is CCCNCc1nnc(NC(C)c2ccccc2)o1. The number of hydrogen-bond donors (Lipinski definition) is 2. The van der Waals surface area contributed by atoms with Crippen molar-refractivity contribution >= 4 is 6.01 Å². The van der Waals surface area contributed by atoms with Crippen LogP contribution < -0.4 is 10.6 Å². The molecule has 0 radical (unpaired) electrons. The largest absolute Gasteiger partial charge is 0.407 e. The molecule has 19 heavy (non-hydrogen) atoms. The molecule has 1 heterocycles. The van der Waals surface area contributed by atoms with E-state index in [0.29, 0.717) is 18.5 Å². The molecular formula is C14H20N4O. The first-order chi connectivity index (χ1) is 9.29. The van der Waals surface area contributed by atoms with Crippen LogP contribution in [0.4, 0.5) is 6.01 Å². The van der Waals surface area contributed by atoms with Gasteiger partial charge in [-0.3, -0.25) is 0 Å². The molecule has 5 nitrogen and oxygen atoms in total. The van der Waals surface area contributed by atoms with Crippen LogP contribution in [0.2, 0.25) is 0 Å². The molecule has 0 aliphatic heterocycles. The zero-order valence-corrected chi connectivity index (χ0v) is 11.4. The molecule has 2 N–H and O–H groups in total. The van der Waals surface area contributed by atoms with Crippen molar-refractivity contribution in [3.8, 4) is 0 Å². The van der Waals surface area contributed by atoms with Gasteiger partial charge in [-0.2, -0.15) is 0 Å². The Morgan fingerprint density at radius 3 is 2.74 bits per heavy atom. The predicted molar refractivity (Wildman–Crippen MR) is 74.8 cm³/mol. The van der Waals surface area contributed by atoms with Crippen molar-refractivity contribution in [1.29, 1.82) is 0 Å². The van der Waals surface area contributed by atoms with Gasteiger partial charge in [0, 0.05) is 0 Å². The normalized spacial score (nSPS) is 12.3. The van der Waals surface area contributed by atoms with Crippen molar-refractivity contribution in [3.05, 3.63) is 41.8 Å². The topological polar surface area (TPSA) is 63.0 Å². The van der Waals surface area contributed by atoms with E-state index < -0.39 is 0 Å². The summed E-state index contributed by atoms with van der Waals surface area (Å²) in [7, 11) is 0. The minimum Gasteiger partial charge on any atom is -0.407 e. The van der Waals surface area contributed by atoms with Crippen LogP contribution in [0.5, 0.6) is 0 Å². The van der Waals surface area contributed by atoms with Crippen molar-refractivity contribution in [1.82, 2.24) is 15.5 Å². The highest BCUT2D eigenvalue weighted by atomic mass is 16.4. The first-order valence-corrected chi connectivity index (χ1v) is 6.64. The Morgan fingerprint density at radius 2 is 2.00 bits per heavy atom. The molecule has 2 aromatic rings. The van der Waals surface area contributed by atoms with Crippen molar-refractivity contribution in [2.24, 2.45) is 0 Å². The number of nitrogens with one attached hydrogen (secondary N) is 2. The summed E-state index contributed by atoms with van der Waals surface area (Å²) in [5, 5.41) is 14.4. The molecule has 1 aromatic heterocycles. The first-order valence-electron chi connectivity index (χ1n) is 6.64. The van der Waals surface area contributed by atoms with Gasteiger partial charge in [-0.25, -0.2) is 0 Å². The van der Waals surface area contributed by atoms with E-state index in [2.05, 4.69) is 46.8 Å². The summed E-state index contributed by atoms with van der Waals surface area (Å²) in [4.78, 5) is 0. The number of aromatic nitrogens is 2. The molecule has 0 bridgehead atoms. The van der Waals surface area contributed by atoms with E-state index in [-0.39, 0.29) is 6.04 Å². The van der Waals surface area contributed by atoms with Crippen LogP contribution >= 0.6 is 0 Å². The van der Waals surface area contributed by atoms with E-state index in [0.717, 1.165) is 13.0 Å². The molecule has 0 amide bonds. The highest BCUT2D eigenvalue weighted by Gasteiger charge is 2.10. The van der Waals surface area contributed by atoms with E-state index in [1.165, 1.54) is 5.56 Å². The lowest BCUT2D eigenvalue weighted by Crippen LogP contribution is -2.13. The molecular weight excluding hydrogens is 240 g/mol. The van der Waals surface area contributed by atoms with Crippen molar-refractivity contribution in [3.63, 3.8) is 0 Å². The summed E-state index contributed by atoms with van der Waals surface area (Å²) in [5.41, 5.74) is 1.19. The molecule has 0 aliphatic rings. The highest BCUT2D eigenvalue weighted by molar-refractivity contribution is 5.28. The van der Waals surface area contributed by atoms with Crippen LogP contribution in [-0.4, -0.2) is 16.7 Å². The second-order valence-corrected chi connectivity index (χ2v) is 4.45. The Balaban J connectivity index is 1.89. The van der Waals surface area contributed by atoms with Gasteiger partial charge >= 0.3 is 6.01 Å². The number of anilines is 1. The average molecular weight is 260 g/mol. The number of hydrogen-bond acceptors (Lipinski definition) is 5. The Morgan fingerprint density at radius 1 is 1.21 bits per heavy atom. The molecule has 0 spiro atoms. The Bertz CT molecular complexity index is 483. The zero-order chi connectivity index (χ0) is 13.5. The fourth-order valence-corrected chi connectivity index (χ4v) is 1.77. The minimum absolute atomic E-state index is 0.137. The summed E-state index contributed by atoms with van der Waals surface area (Å²) in [5.74, 6) is 0.608. The molecule has 0 aliphatic carbocycles. The molecule has 2 rings (SSSR count). The third kappa shape index (κ3) is 4.06. The van der Waals surface area contributed by atoms with Gasteiger partial charge in [0.1, 0.15) is 0 Å². The highest BCUT2D eigenvalue weighted by Crippen LogP contribution is 2.17. The summed E-state index contributed by atoms with van der Waals surface area (Å²) in [6, 6.07) is 10.8. The number of rotatable bonds is 7. The van der Waals surface area contributed by atoms with Crippen molar-refractivity contribution in [2.75, 3.05) is 11.9 Å². The van der Waals surface area contributed by atoms with Crippen LogP contribution in [0, 0.1) is 0 Å². The first kappa shape index (κ1) is 13.5. The maximum Gasteiger partial charge on any atom is 0.315 e. The van der Waals surface area contributed by atoms with Gasteiger partial charge in [0.25, 0.3) is 0 Å². The Hall–Kier alpha value is -1.88. The van der Waals surface area contributed by atoms with Gasteiger partial charge in [0.15, 0.2) is 0 Å². The van der Waals surface area contributed by atoms with Gasteiger partial charge in [-0.05, 0) is 25.5 Å². The summed E-state index contributed by atoms with van der Waals surface area (Å²) >= 11 is 0. The fraction of sp³-hybridized carbons (Fsp3) is 0.429. The van der Waals surface area contributed by atoms with Crippen molar-refractivity contribution in [2.45, 2.75) is 32.9 Å². The summed E-state index contributed by atoms with van der Waals surface area (Å²) in [6.07, 6.45) is 1.09. The Kier molecular flexibility index (Phi) is 4.92. The van der Waals surface area contributed by atoms with Crippen LogP contribution in [0.15, 0.2) is 34.7 Å². The molecule has 0 fully saturated rings. The summed E-state index contributed by atoms with van der Waals surface area (Å²) < 4.78 is 5.53. The molecule has 1 atom stereocenters. The van der Waals surface area contributed by atoms with Gasteiger partial charge in [-0.1, -0.05) is 42.4 Å². The van der Waals surface area contributed by atoms with E-state index in [1.807, 2.05) is 18.2 Å². The third-order valence-electron chi connectivity index (χ3n) is 2.81. The smallest absolute Gasteiger partial charge is 0.315 e. The number of nitrogens with zero attached hydrogens (tertiary/aromatic N) is 2. The van der Waals surface area contributed by atoms with Gasteiger partial charge in [-0.15, -0.1) is 5.10 Å². The van der Waals surface area contributed by atoms with E-state index in [1.54, 1.807) is 0 Å². The lowest BCUT2D eigenvalue weighted by Gasteiger charge is -2.11. The van der Waals surface area contributed by atoms with Crippen molar-refractivity contribution < 1.29 is 4.42 Å². The molecule has 0 saturated heterocycles. The van der Waals surface area contributed by atoms with Gasteiger partial charge in [0.2, 0.25) is 5.89 Å². The van der Waals surface area contributed by atoms with Crippen LogP contribution in [-0.2, 0) is 6.54 Å². The molecule has 0 saturated carbocycles. The van der Waals surface area contributed by atoms with Crippen LogP contribution in [0.25, 0.3) is 0 Å². The summed E-state index contributed by atoms with van der Waals surface area (Å²) in [6.45, 7) is 5.75. The standard InChI is InChI=1S/C14H20N4O/c1-3-9-15-10-13-17-18-14(19-13)16-11(2)12-7-5-4-6-8-12/h4-8,11,15H,3,9-10H2,1-2H3,(H,16,18). The molecule has 1 unspecified atom stereocenters. The second kappa shape index (κ2) is 6.89. The maximum absolute atomic E-state index is 5.53. The predicted octanol–water partition coefficient (Wildman–Crippen LogP) is 2.74. The number of benzene rings is 1. The molecule has 1 aromatic carbocycles. The third-order valence-corrected chi connectivity index (χ3v) is 2.81. The van der Waals surface area contributed by atoms with E-state index in [4.69, 9.17) is 4.42 Å². The second-order valence-electron chi connectivity index (χ2n) is 4.45. The fourth-order valence-electron chi connectivity index (χ4n) is 1.77.